The Morgan fingerprint density at radius 2 is 2.33 bits per heavy atom. The summed E-state index contributed by atoms with van der Waals surface area (Å²) in [5.74, 6) is 0. The fourth-order valence-corrected chi connectivity index (χ4v) is 2.48. The quantitative estimate of drug-likeness (QED) is 0.802. The molecule has 1 heterocycles. The molecule has 84 valence electrons. The van der Waals surface area contributed by atoms with Gasteiger partial charge in [-0.2, -0.15) is 0 Å². The molecule has 2 rings (SSSR count). The molecule has 0 aromatic carbocycles. The number of imidazole rings is 1. The van der Waals surface area contributed by atoms with Crippen molar-refractivity contribution in [2.45, 2.75) is 45.7 Å². The van der Waals surface area contributed by atoms with Gasteiger partial charge >= 0.3 is 0 Å². The highest BCUT2D eigenvalue weighted by molar-refractivity contribution is 5.00. The van der Waals surface area contributed by atoms with Crippen LogP contribution in [0.15, 0.2) is 12.5 Å². The summed E-state index contributed by atoms with van der Waals surface area (Å²) < 4.78 is 2.32. The summed E-state index contributed by atoms with van der Waals surface area (Å²) in [7, 11) is 1.98. The van der Waals surface area contributed by atoms with E-state index >= 15 is 0 Å². The monoisotopic (exact) mass is 207 g/mol. The maximum Gasteiger partial charge on any atom is 0.0948 e. The minimum Gasteiger partial charge on any atom is -0.333 e. The summed E-state index contributed by atoms with van der Waals surface area (Å²) in [5.41, 5.74) is 1.88. The highest BCUT2D eigenvalue weighted by atomic mass is 15.1. The molecular formula is C12H21N3. The Hall–Kier alpha value is -0.830. The maximum atomic E-state index is 4.24. The lowest BCUT2D eigenvalue weighted by Crippen LogP contribution is -2.34. The predicted octanol–water partition coefficient (Wildman–Crippen LogP) is 2.18. The van der Waals surface area contributed by atoms with Gasteiger partial charge in [-0.1, -0.05) is 13.3 Å². The molecule has 15 heavy (non-hydrogen) atoms. The average Bonchev–Trinajstić information content (AvgIpc) is 2.60. The van der Waals surface area contributed by atoms with Crippen LogP contribution in [-0.4, -0.2) is 16.6 Å². The maximum absolute atomic E-state index is 4.24. The molecule has 1 saturated carbocycles. The third kappa shape index (κ3) is 2.07. The molecule has 0 amide bonds. The number of hydrogen-bond acceptors (Lipinski definition) is 2. The third-order valence-corrected chi connectivity index (χ3v) is 3.83. The van der Waals surface area contributed by atoms with E-state index in [0.717, 1.165) is 13.1 Å². The van der Waals surface area contributed by atoms with Crippen LogP contribution in [0.5, 0.6) is 0 Å². The second-order valence-corrected chi connectivity index (χ2v) is 4.75. The van der Waals surface area contributed by atoms with Gasteiger partial charge in [-0.05, 0) is 31.7 Å². The topological polar surface area (TPSA) is 29.9 Å². The van der Waals surface area contributed by atoms with Crippen molar-refractivity contribution in [2.24, 2.45) is 5.41 Å². The largest absolute Gasteiger partial charge is 0.333 e. The van der Waals surface area contributed by atoms with Crippen LogP contribution in [-0.2, 0) is 13.1 Å². The van der Waals surface area contributed by atoms with E-state index in [1.54, 1.807) is 0 Å². The van der Waals surface area contributed by atoms with E-state index in [-0.39, 0.29) is 0 Å². The predicted molar refractivity (Wildman–Crippen MR) is 61.6 cm³/mol. The Bertz CT molecular complexity index is 307. The van der Waals surface area contributed by atoms with Crippen LogP contribution >= 0.6 is 0 Å². The van der Waals surface area contributed by atoms with Crippen LogP contribution in [0.3, 0.4) is 0 Å². The summed E-state index contributed by atoms with van der Waals surface area (Å²) in [5, 5.41) is 3.19. The van der Waals surface area contributed by atoms with E-state index in [1.165, 1.54) is 31.4 Å². The van der Waals surface area contributed by atoms with Gasteiger partial charge in [0.05, 0.1) is 12.0 Å². The van der Waals surface area contributed by atoms with Crippen LogP contribution in [0.25, 0.3) is 0 Å². The molecule has 1 aromatic rings. The van der Waals surface area contributed by atoms with Crippen molar-refractivity contribution in [3.63, 3.8) is 0 Å². The van der Waals surface area contributed by atoms with Crippen molar-refractivity contribution >= 4 is 0 Å². The second-order valence-electron chi connectivity index (χ2n) is 4.75. The van der Waals surface area contributed by atoms with Crippen molar-refractivity contribution in [3.8, 4) is 0 Å². The fraction of sp³-hybridized carbons (Fsp3) is 0.750. The summed E-state index contributed by atoms with van der Waals surface area (Å²) in [6.07, 6.45) is 9.43. The molecule has 1 N–H and O–H groups in total. The third-order valence-electron chi connectivity index (χ3n) is 3.83. The molecule has 0 aliphatic heterocycles. The first-order valence-electron chi connectivity index (χ1n) is 5.93. The minimum atomic E-state index is 0.573. The van der Waals surface area contributed by atoms with Gasteiger partial charge in [-0.15, -0.1) is 0 Å². The fourth-order valence-electron chi connectivity index (χ4n) is 2.48. The van der Waals surface area contributed by atoms with Crippen molar-refractivity contribution in [1.82, 2.24) is 14.9 Å². The Labute approximate surface area is 91.9 Å². The van der Waals surface area contributed by atoms with Gasteiger partial charge in [-0.25, -0.2) is 4.98 Å². The molecule has 0 radical (unpaired) electrons. The van der Waals surface area contributed by atoms with Gasteiger partial charge in [0.2, 0.25) is 0 Å². The molecule has 3 nitrogen and oxygen atoms in total. The van der Waals surface area contributed by atoms with Gasteiger partial charge < -0.3 is 9.88 Å². The van der Waals surface area contributed by atoms with Crippen LogP contribution in [0.1, 0.15) is 38.3 Å². The highest BCUT2D eigenvalue weighted by Gasteiger charge is 2.35. The number of nitrogens with zero attached hydrogens (tertiary/aromatic N) is 2. The van der Waals surface area contributed by atoms with E-state index in [4.69, 9.17) is 0 Å². The molecule has 1 aliphatic rings. The zero-order valence-corrected chi connectivity index (χ0v) is 9.79. The standard InChI is InChI=1S/C12H21N3/c1-3-12(5-4-6-12)9-15-10-14-8-11(15)7-13-2/h8,10,13H,3-7,9H2,1-2H3. The Balaban J connectivity index is 2.06. The number of hydrogen-bond donors (Lipinski definition) is 1. The number of aromatic nitrogens is 2. The van der Waals surface area contributed by atoms with Crippen molar-refractivity contribution in [3.05, 3.63) is 18.2 Å². The average molecular weight is 207 g/mol. The van der Waals surface area contributed by atoms with Gasteiger partial charge in [0.15, 0.2) is 0 Å². The first-order valence-corrected chi connectivity index (χ1v) is 5.93. The van der Waals surface area contributed by atoms with E-state index in [9.17, 15) is 0 Å². The smallest absolute Gasteiger partial charge is 0.0948 e. The van der Waals surface area contributed by atoms with Gasteiger partial charge in [0.1, 0.15) is 0 Å². The molecule has 0 spiro atoms. The molecular weight excluding hydrogens is 186 g/mol. The van der Waals surface area contributed by atoms with Crippen molar-refractivity contribution in [2.75, 3.05) is 7.05 Å². The number of nitrogens with one attached hydrogen (secondary N) is 1. The lowest BCUT2D eigenvalue weighted by Gasteiger charge is -2.41. The van der Waals surface area contributed by atoms with Crippen LogP contribution in [0.2, 0.25) is 0 Å². The zero-order chi connectivity index (χ0) is 10.7. The molecule has 0 bridgehead atoms. The van der Waals surface area contributed by atoms with E-state index in [0.29, 0.717) is 5.41 Å². The van der Waals surface area contributed by atoms with E-state index < -0.39 is 0 Å². The lowest BCUT2D eigenvalue weighted by molar-refractivity contribution is 0.0990. The first-order chi connectivity index (χ1) is 7.29. The molecule has 1 aliphatic carbocycles. The summed E-state index contributed by atoms with van der Waals surface area (Å²) in [4.78, 5) is 4.24. The highest BCUT2D eigenvalue weighted by Crippen LogP contribution is 2.45. The molecule has 0 atom stereocenters. The first kappa shape index (κ1) is 10.7. The molecule has 3 heteroatoms. The molecule has 0 unspecified atom stereocenters. The van der Waals surface area contributed by atoms with Gasteiger partial charge in [0, 0.05) is 19.3 Å². The zero-order valence-electron chi connectivity index (χ0n) is 9.79. The molecule has 1 aromatic heterocycles. The van der Waals surface area contributed by atoms with E-state index in [2.05, 4.69) is 21.8 Å². The van der Waals surface area contributed by atoms with Crippen LogP contribution in [0, 0.1) is 5.41 Å². The number of rotatable bonds is 5. The molecule has 0 saturated heterocycles. The van der Waals surface area contributed by atoms with Crippen molar-refractivity contribution in [1.29, 1.82) is 0 Å². The van der Waals surface area contributed by atoms with Crippen molar-refractivity contribution < 1.29 is 0 Å². The lowest BCUT2D eigenvalue weighted by atomic mass is 9.67. The summed E-state index contributed by atoms with van der Waals surface area (Å²) >= 11 is 0. The summed E-state index contributed by atoms with van der Waals surface area (Å²) in [6, 6.07) is 0. The Morgan fingerprint density at radius 3 is 2.87 bits per heavy atom. The summed E-state index contributed by atoms with van der Waals surface area (Å²) in [6.45, 7) is 4.38. The normalized spacial score (nSPS) is 18.8. The Morgan fingerprint density at radius 1 is 1.53 bits per heavy atom. The van der Waals surface area contributed by atoms with Gasteiger partial charge in [0.25, 0.3) is 0 Å². The molecule has 1 fully saturated rings. The SMILES string of the molecule is CCC1(Cn2cncc2CNC)CCC1. The van der Waals surface area contributed by atoms with E-state index in [1.807, 2.05) is 19.6 Å². The second kappa shape index (κ2) is 4.35. The van der Waals surface area contributed by atoms with Crippen LogP contribution < -0.4 is 5.32 Å². The Kier molecular flexibility index (Phi) is 3.10. The minimum absolute atomic E-state index is 0.573. The van der Waals surface area contributed by atoms with Gasteiger partial charge in [-0.3, -0.25) is 0 Å². The van der Waals surface area contributed by atoms with Crippen LogP contribution in [0.4, 0.5) is 0 Å².